The molecule has 0 saturated heterocycles. The summed E-state index contributed by atoms with van der Waals surface area (Å²) in [6.07, 6.45) is 0. The molecule has 4 aromatic rings. The molecule has 7 nitrogen and oxygen atoms in total. The summed E-state index contributed by atoms with van der Waals surface area (Å²) in [7, 11) is 0. The van der Waals surface area contributed by atoms with E-state index in [1.807, 2.05) is 45.0 Å². The number of thiophene rings is 1. The van der Waals surface area contributed by atoms with Crippen LogP contribution in [0.3, 0.4) is 0 Å². The second-order valence-electron chi connectivity index (χ2n) is 6.03. The molecule has 0 aliphatic carbocycles. The Bertz CT molecular complexity index is 1160. The molecule has 0 bridgehead atoms. The lowest BCUT2D eigenvalue weighted by molar-refractivity contribution is 0.462. The molecular formula is C17H15BrN6OS. The summed E-state index contributed by atoms with van der Waals surface area (Å²) in [5.41, 5.74) is 1.72. The van der Waals surface area contributed by atoms with Crippen LogP contribution in [0.1, 0.15) is 29.2 Å². The number of benzene rings is 1. The summed E-state index contributed by atoms with van der Waals surface area (Å²) in [6.45, 7) is 5.82. The number of halogens is 1. The second-order valence-corrected chi connectivity index (χ2v) is 8.15. The van der Waals surface area contributed by atoms with Gasteiger partial charge in [-0.05, 0) is 55.8 Å². The molecule has 4 rings (SSSR count). The van der Waals surface area contributed by atoms with Crippen molar-refractivity contribution in [3.63, 3.8) is 0 Å². The van der Waals surface area contributed by atoms with Crippen molar-refractivity contribution in [3.05, 3.63) is 55.4 Å². The summed E-state index contributed by atoms with van der Waals surface area (Å²) in [6, 6.07) is 7.34. The van der Waals surface area contributed by atoms with Crippen LogP contribution in [-0.2, 0) is 0 Å². The van der Waals surface area contributed by atoms with E-state index in [-0.39, 0.29) is 11.6 Å². The minimum Gasteiger partial charge on any atom is -0.308 e. The number of nitrogens with one attached hydrogen (secondary N) is 1. The van der Waals surface area contributed by atoms with Crippen molar-refractivity contribution in [3.8, 4) is 11.4 Å². The van der Waals surface area contributed by atoms with E-state index in [0.29, 0.717) is 17.0 Å². The van der Waals surface area contributed by atoms with Crippen molar-refractivity contribution in [2.24, 2.45) is 0 Å². The van der Waals surface area contributed by atoms with E-state index < -0.39 is 0 Å². The van der Waals surface area contributed by atoms with Crippen molar-refractivity contribution in [2.75, 3.05) is 0 Å². The summed E-state index contributed by atoms with van der Waals surface area (Å²) >= 11 is 4.93. The van der Waals surface area contributed by atoms with Crippen molar-refractivity contribution >= 4 is 37.5 Å². The molecule has 0 amide bonds. The number of nitrogens with zero attached hydrogens (tertiary/aromatic N) is 5. The lowest BCUT2D eigenvalue weighted by Crippen LogP contribution is -2.19. The van der Waals surface area contributed by atoms with E-state index >= 15 is 0 Å². The van der Waals surface area contributed by atoms with Gasteiger partial charge in [0.25, 0.3) is 5.56 Å². The Kier molecular flexibility index (Phi) is 4.20. The fraction of sp³-hybridized carbons (Fsp3) is 0.235. The Labute approximate surface area is 161 Å². The van der Waals surface area contributed by atoms with Gasteiger partial charge in [0.15, 0.2) is 0 Å². The van der Waals surface area contributed by atoms with Gasteiger partial charge >= 0.3 is 0 Å². The minimum atomic E-state index is -0.341. The van der Waals surface area contributed by atoms with Crippen LogP contribution in [0.5, 0.6) is 0 Å². The fourth-order valence-corrected chi connectivity index (χ4v) is 3.98. The molecule has 1 N–H and O–H groups in total. The van der Waals surface area contributed by atoms with Crippen molar-refractivity contribution < 1.29 is 0 Å². The highest BCUT2D eigenvalue weighted by Gasteiger charge is 2.19. The van der Waals surface area contributed by atoms with E-state index in [0.717, 1.165) is 25.3 Å². The van der Waals surface area contributed by atoms with E-state index in [1.165, 1.54) is 16.1 Å². The molecule has 3 heterocycles. The van der Waals surface area contributed by atoms with Crippen LogP contribution in [0.15, 0.2) is 33.5 Å². The number of aromatic amines is 1. The minimum absolute atomic E-state index is 0.132. The molecule has 0 saturated carbocycles. The van der Waals surface area contributed by atoms with Gasteiger partial charge in [0, 0.05) is 14.9 Å². The number of fused-ring (bicyclic) bond motifs is 1. The van der Waals surface area contributed by atoms with Crippen LogP contribution >= 0.6 is 27.3 Å². The fourth-order valence-electron chi connectivity index (χ4n) is 2.68. The normalized spacial score (nSPS) is 12.6. The Balaban J connectivity index is 1.72. The number of H-pyrrole nitrogens is 1. The average molecular weight is 431 g/mol. The molecule has 0 radical (unpaired) electrons. The molecule has 0 spiro atoms. The van der Waals surface area contributed by atoms with Gasteiger partial charge in [0.2, 0.25) is 5.82 Å². The first-order chi connectivity index (χ1) is 12.4. The third kappa shape index (κ3) is 2.86. The highest BCUT2D eigenvalue weighted by Crippen LogP contribution is 2.27. The quantitative estimate of drug-likeness (QED) is 0.535. The summed E-state index contributed by atoms with van der Waals surface area (Å²) in [5, 5.41) is 13.3. The number of tetrazole rings is 1. The number of hydrogen-bond acceptors (Lipinski definition) is 6. The summed E-state index contributed by atoms with van der Waals surface area (Å²) < 4.78 is 0.985. The molecule has 0 fully saturated rings. The maximum absolute atomic E-state index is 12.5. The summed E-state index contributed by atoms with van der Waals surface area (Å²) in [5.74, 6) is 1.04. The Morgan fingerprint density at radius 3 is 2.69 bits per heavy atom. The molecule has 1 atom stereocenters. The smallest absolute Gasteiger partial charge is 0.259 e. The predicted octanol–water partition coefficient (Wildman–Crippen LogP) is 3.63. The van der Waals surface area contributed by atoms with Crippen LogP contribution < -0.4 is 5.56 Å². The lowest BCUT2D eigenvalue weighted by atomic mass is 10.2. The first kappa shape index (κ1) is 17.0. The van der Waals surface area contributed by atoms with E-state index in [4.69, 9.17) is 0 Å². The average Bonchev–Trinajstić information content (AvgIpc) is 3.21. The first-order valence-corrected chi connectivity index (χ1v) is 9.60. The Hall–Kier alpha value is -2.39. The SMILES string of the molecule is Cc1sc2nc([C@@H](C)n3nnc(-c4ccc(Br)cc4)n3)[nH]c(=O)c2c1C. The van der Waals surface area contributed by atoms with E-state index in [2.05, 4.69) is 41.3 Å². The number of rotatable bonds is 3. The standard InChI is InChI=1S/C17H15BrN6OS/c1-8-10(3)26-17-13(8)16(25)19-14(20-17)9(2)24-22-15(21-23-24)11-4-6-12(18)7-5-11/h4-7,9H,1-3H3,(H,19,20,25)/t9-/m1/s1. The third-order valence-electron chi connectivity index (χ3n) is 4.33. The van der Waals surface area contributed by atoms with E-state index in [9.17, 15) is 4.79 Å². The number of aryl methyl sites for hydroxylation is 2. The summed E-state index contributed by atoms with van der Waals surface area (Å²) in [4.78, 5) is 23.2. The zero-order valence-corrected chi connectivity index (χ0v) is 16.7. The van der Waals surface area contributed by atoms with Gasteiger partial charge in [-0.3, -0.25) is 4.79 Å². The Morgan fingerprint density at radius 2 is 1.96 bits per heavy atom. The topological polar surface area (TPSA) is 89.3 Å². The number of hydrogen-bond donors (Lipinski definition) is 1. The molecule has 9 heteroatoms. The zero-order valence-electron chi connectivity index (χ0n) is 14.3. The third-order valence-corrected chi connectivity index (χ3v) is 5.96. The second kappa shape index (κ2) is 6.40. The molecule has 1 aromatic carbocycles. The molecule has 26 heavy (non-hydrogen) atoms. The Morgan fingerprint density at radius 1 is 1.23 bits per heavy atom. The molecule has 0 aliphatic heterocycles. The van der Waals surface area contributed by atoms with Gasteiger partial charge in [0.1, 0.15) is 16.7 Å². The number of aromatic nitrogens is 6. The van der Waals surface area contributed by atoms with Crippen LogP contribution in [0.2, 0.25) is 0 Å². The van der Waals surface area contributed by atoms with Crippen molar-refractivity contribution in [1.82, 2.24) is 30.2 Å². The van der Waals surface area contributed by atoms with Crippen molar-refractivity contribution in [2.45, 2.75) is 26.8 Å². The highest BCUT2D eigenvalue weighted by molar-refractivity contribution is 9.10. The van der Waals surface area contributed by atoms with Gasteiger partial charge in [0.05, 0.1) is 5.39 Å². The molecule has 0 unspecified atom stereocenters. The van der Waals surface area contributed by atoms with Crippen LogP contribution in [-0.4, -0.2) is 30.2 Å². The largest absolute Gasteiger partial charge is 0.308 e. The van der Waals surface area contributed by atoms with Gasteiger partial charge in [-0.15, -0.1) is 21.5 Å². The molecule has 0 aliphatic rings. The van der Waals surface area contributed by atoms with Gasteiger partial charge < -0.3 is 4.98 Å². The van der Waals surface area contributed by atoms with Crippen LogP contribution in [0.25, 0.3) is 21.6 Å². The van der Waals surface area contributed by atoms with Crippen LogP contribution in [0.4, 0.5) is 0 Å². The van der Waals surface area contributed by atoms with Gasteiger partial charge in [-0.2, -0.15) is 4.80 Å². The molecule has 3 aromatic heterocycles. The van der Waals surface area contributed by atoms with Crippen LogP contribution in [0, 0.1) is 13.8 Å². The van der Waals surface area contributed by atoms with Crippen molar-refractivity contribution in [1.29, 1.82) is 0 Å². The van der Waals surface area contributed by atoms with E-state index in [1.54, 1.807) is 0 Å². The zero-order chi connectivity index (χ0) is 18.4. The maximum atomic E-state index is 12.5. The molecule has 132 valence electrons. The lowest BCUT2D eigenvalue weighted by Gasteiger charge is -2.08. The predicted molar refractivity (Wildman–Crippen MR) is 104 cm³/mol. The first-order valence-electron chi connectivity index (χ1n) is 7.99. The molecular weight excluding hydrogens is 416 g/mol. The monoisotopic (exact) mass is 430 g/mol. The highest BCUT2D eigenvalue weighted by atomic mass is 79.9. The van der Waals surface area contributed by atoms with Gasteiger partial charge in [-0.1, -0.05) is 15.9 Å². The maximum Gasteiger partial charge on any atom is 0.259 e. The van der Waals surface area contributed by atoms with Gasteiger partial charge in [-0.25, -0.2) is 4.98 Å².